The molecule has 0 radical (unpaired) electrons. The van der Waals surface area contributed by atoms with Gasteiger partial charge in [0.1, 0.15) is 6.29 Å². The molecule has 0 unspecified atom stereocenters. The van der Waals surface area contributed by atoms with Gasteiger partial charge >= 0.3 is 0 Å². The molecule has 0 N–H and O–H groups in total. The van der Waals surface area contributed by atoms with E-state index < -0.39 is 0 Å². The Kier molecular flexibility index (Phi) is 6.46. The molecule has 5 heteroatoms. The number of rotatable bonds is 8. The summed E-state index contributed by atoms with van der Waals surface area (Å²) in [4.78, 5) is 24.5. The summed E-state index contributed by atoms with van der Waals surface area (Å²) in [7, 11) is 1.50. The van der Waals surface area contributed by atoms with E-state index in [1.54, 1.807) is 23.1 Å². The van der Waals surface area contributed by atoms with Crippen LogP contribution in [0.3, 0.4) is 0 Å². The molecule has 1 rings (SSSR count). The number of ether oxygens (including phenoxy) is 2. The topological polar surface area (TPSA) is 55.8 Å². The fourth-order valence-electron chi connectivity index (χ4n) is 1.81. The largest absolute Gasteiger partial charge is 0.493 e. The second-order valence-electron chi connectivity index (χ2n) is 4.68. The summed E-state index contributed by atoms with van der Waals surface area (Å²) in [6.07, 6.45) is 0.716. The van der Waals surface area contributed by atoms with E-state index >= 15 is 0 Å². The zero-order valence-electron chi connectivity index (χ0n) is 12.7. The van der Waals surface area contributed by atoms with Crippen LogP contribution in [-0.2, 0) is 4.79 Å². The number of carbonyl (C=O) groups is 2. The lowest BCUT2D eigenvalue weighted by atomic mass is 10.2. The molecule has 1 aromatic carbocycles. The van der Waals surface area contributed by atoms with Crippen molar-refractivity contribution in [2.45, 2.75) is 13.8 Å². The maximum Gasteiger partial charge on any atom is 0.260 e. The number of methoxy groups -OCH3 is 1. The van der Waals surface area contributed by atoms with Gasteiger partial charge in [0.15, 0.2) is 18.1 Å². The number of likely N-dealkylation sites (N-methyl/N-ethyl adjacent to an activating group) is 1. The third-order valence-electron chi connectivity index (χ3n) is 2.87. The molecule has 0 aliphatic carbocycles. The van der Waals surface area contributed by atoms with Gasteiger partial charge in [0, 0.05) is 18.7 Å². The van der Waals surface area contributed by atoms with Crippen LogP contribution < -0.4 is 9.47 Å². The molecule has 1 amide bonds. The molecule has 0 aliphatic rings. The summed E-state index contributed by atoms with van der Waals surface area (Å²) in [6.45, 7) is 8.54. The second-order valence-corrected chi connectivity index (χ2v) is 4.68. The Balaban J connectivity index is 2.75. The van der Waals surface area contributed by atoms with Crippen LogP contribution in [0.25, 0.3) is 0 Å². The van der Waals surface area contributed by atoms with Crippen LogP contribution in [0.15, 0.2) is 30.4 Å². The molecule has 114 valence electrons. The SMILES string of the molecule is C=C(C)CN(CC)C(=O)COc1cc(C=O)ccc1OC. The van der Waals surface area contributed by atoms with Gasteiger partial charge < -0.3 is 14.4 Å². The standard InChI is InChI=1S/C16H21NO4/c1-5-17(9-12(2)3)16(19)11-21-15-8-13(10-18)6-7-14(15)20-4/h6-8,10H,2,5,9,11H2,1,3-4H3. The van der Waals surface area contributed by atoms with Crippen LogP contribution in [0.2, 0.25) is 0 Å². The van der Waals surface area contributed by atoms with E-state index in [2.05, 4.69) is 6.58 Å². The van der Waals surface area contributed by atoms with Gasteiger partial charge in [-0.25, -0.2) is 0 Å². The van der Waals surface area contributed by atoms with E-state index in [-0.39, 0.29) is 12.5 Å². The third kappa shape index (κ3) is 4.95. The van der Waals surface area contributed by atoms with Crippen molar-refractivity contribution >= 4 is 12.2 Å². The molecule has 0 saturated carbocycles. The number of carbonyl (C=O) groups excluding carboxylic acids is 2. The molecule has 0 aromatic heterocycles. The molecule has 21 heavy (non-hydrogen) atoms. The molecule has 0 saturated heterocycles. The predicted molar refractivity (Wildman–Crippen MR) is 80.9 cm³/mol. The molecule has 0 atom stereocenters. The molecule has 1 aromatic rings. The molecule has 0 aliphatic heterocycles. The van der Waals surface area contributed by atoms with Crippen LogP contribution in [0.1, 0.15) is 24.2 Å². The van der Waals surface area contributed by atoms with Gasteiger partial charge in [0.25, 0.3) is 5.91 Å². The first-order valence-electron chi connectivity index (χ1n) is 6.70. The smallest absolute Gasteiger partial charge is 0.260 e. The van der Waals surface area contributed by atoms with Crippen molar-refractivity contribution in [1.29, 1.82) is 0 Å². The van der Waals surface area contributed by atoms with Crippen molar-refractivity contribution in [1.82, 2.24) is 4.90 Å². The average molecular weight is 291 g/mol. The fraction of sp³-hybridized carbons (Fsp3) is 0.375. The Morgan fingerprint density at radius 3 is 2.62 bits per heavy atom. The highest BCUT2D eigenvalue weighted by molar-refractivity contribution is 5.79. The highest BCUT2D eigenvalue weighted by Crippen LogP contribution is 2.27. The van der Waals surface area contributed by atoms with Gasteiger partial charge in [-0.2, -0.15) is 0 Å². The Labute approximate surface area is 125 Å². The first-order chi connectivity index (χ1) is 10.0. The number of aldehydes is 1. The number of hydrogen-bond donors (Lipinski definition) is 0. The average Bonchev–Trinajstić information content (AvgIpc) is 2.49. The Bertz CT molecular complexity index is 525. The summed E-state index contributed by atoms with van der Waals surface area (Å²) in [6, 6.07) is 4.81. The quantitative estimate of drug-likeness (QED) is 0.545. The van der Waals surface area contributed by atoms with Crippen molar-refractivity contribution in [3.8, 4) is 11.5 Å². The maximum atomic E-state index is 12.1. The lowest BCUT2D eigenvalue weighted by Crippen LogP contribution is -2.35. The summed E-state index contributed by atoms with van der Waals surface area (Å²) in [5.74, 6) is 0.720. The first kappa shape index (κ1) is 16.8. The van der Waals surface area contributed by atoms with E-state index in [1.165, 1.54) is 7.11 Å². The van der Waals surface area contributed by atoms with Gasteiger partial charge in [0.2, 0.25) is 0 Å². The predicted octanol–water partition coefficient (Wildman–Crippen LogP) is 2.31. The summed E-state index contributed by atoms with van der Waals surface area (Å²) in [5, 5.41) is 0. The van der Waals surface area contributed by atoms with E-state index in [9.17, 15) is 9.59 Å². The van der Waals surface area contributed by atoms with E-state index in [0.717, 1.165) is 5.57 Å². The van der Waals surface area contributed by atoms with Crippen LogP contribution in [0.5, 0.6) is 11.5 Å². The van der Waals surface area contributed by atoms with E-state index in [0.29, 0.717) is 36.4 Å². The molecule has 0 fully saturated rings. The first-order valence-corrected chi connectivity index (χ1v) is 6.70. The number of amides is 1. The molecule has 0 spiro atoms. The minimum absolute atomic E-state index is 0.111. The molecule has 0 bridgehead atoms. The number of benzene rings is 1. The van der Waals surface area contributed by atoms with Crippen molar-refractivity contribution in [2.24, 2.45) is 0 Å². The summed E-state index contributed by atoms with van der Waals surface area (Å²) >= 11 is 0. The molecular weight excluding hydrogens is 270 g/mol. The Morgan fingerprint density at radius 2 is 2.10 bits per heavy atom. The van der Waals surface area contributed by atoms with E-state index in [4.69, 9.17) is 9.47 Å². The van der Waals surface area contributed by atoms with E-state index in [1.807, 2.05) is 13.8 Å². The lowest BCUT2D eigenvalue weighted by molar-refractivity contribution is -0.132. The molecule has 0 heterocycles. The van der Waals surface area contributed by atoms with Gasteiger partial charge in [-0.1, -0.05) is 12.2 Å². The zero-order valence-corrected chi connectivity index (χ0v) is 12.7. The van der Waals surface area contributed by atoms with Gasteiger partial charge in [0.05, 0.1) is 7.11 Å². The van der Waals surface area contributed by atoms with Gasteiger partial charge in [-0.15, -0.1) is 0 Å². The normalized spacial score (nSPS) is 9.86. The fourth-order valence-corrected chi connectivity index (χ4v) is 1.81. The highest BCUT2D eigenvalue weighted by atomic mass is 16.5. The number of hydrogen-bond acceptors (Lipinski definition) is 4. The number of nitrogens with zero attached hydrogens (tertiary/aromatic N) is 1. The lowest BCUT2D eigenvalue weighted by Gasteiger charge is -2.21. The molecular formula is C16H21NO4. The summed E-state index contributed by atoms with van der Waals surface area (Å²) in [5.41, 5.74) is 1.37. The van der Waals surface area contributed by atoms with Gasteiger partial charge in [-0.3, -0.25) is 9.59 Å². The third-order valence-corrected chi connectivity index (χ3v) is 2.87. The van der Waals surface area contributed by atoms with Crippen molar-refractivity contribution in [2.75, 3.05) is 26.8 Å². The van der Waals surface area contributed by atoms with Crippen LogP contribution in [-0.4, -0.2) is 43.9 Å². The highest BCUT2D eigenvalue weighted by Gasteiger charge is 2.14. The maximum absolute atomic E-state index is 12.1. The second kappa shape index (κ2) is 8.09. The minimum atomic E-state index is -0.140. The summed E-state index contributed by atoms with van der Waals surface area (Å²) < 4.78 is 10.6. The monoisotopic (exact) mass is 291 g/mol. The minimum Gasteiger partial charge on any atom is -0.493 e. The Morgan fingerprint density at radius 1 is 1.38 bits per heavy atom. The van der Waals surface area contributed by atoms with Crippen LogP contribution in [0, 0.1) is 0 Å². The van der Waals surface area contributed by atoms with Crippen LogP contribution >= 0.6 is 0 Å². The van der Waals surface area contributed by atoms with Crippen molar-refractivity contribution in [3.63, 3.8) is 0 Å². The Hall–Kier alpha value is -2.30. The zero-order chi connectivity index (χ0) is 15.8. The van der Waals surface area contributed by atoms with Crippen molar-refractivity contribution in [3.05, 3.63) is 35.9 Å². The van der Waals surface area contributed by atoms with Crippen LogP contribution in [0.4, 0.5) is 0 Å². The molecule has 5 nitrogen and oxygen atoms in total. The van der Waals surface area contributed by atoms with Gasteiger partial charge in [-0.05, 0) is 32.0 Å². The van der Waals surface area contributed by atoms with Crippen molar-refractivity contribution < 1.29 is 19.1 Å².